The van der Waals surface area contributed by atoms with Gasteiger partial charge >= 0.3 is 5.97 Å². The second-order valence-corrected chi connectivity index (χ2v) is 5.97. The van der Waals surface area contributed by atoms with Crippen molar-refractivity contribution in [3.05, 3.63) is 65.2 Å². The van der Waals surface area contributed by atoms with E-state index in [1.165, 1.54) is 12.1 Å². The Morgan fingerprint density at radius 3 is 2.58 bits per heavy atom. The summed E-state index contributed by atoms with van der Waals surface area (Å²) in [4.78, 5) is 25.4. The van der Waals surface area contributed by atoms with E-state index in [4.69, 9.17) is 9.84 Å². The molecule has 1 unspecified atom stereocenters. The largest absolute Gasteiger partial charge is 0.491 e. The Morgan fingerprint density at radius 1 is 1.17 bits per heavy atom. The molecule has 0 radical (unpaired) electrons. The lowest BCUT2D eigenvalue weighted by atomic mass is 10.1. The second kappa shape index (κ2) is 6.74. The number of ether oxygens (including phenoxy) is 1. The van der Waals surface area contributed by atoms with E-state index < -0.39 is 5.97 Å². The average molecular weight is 325 g/mol. The van der Waals surface area contributed by atoms with Crippen molar-refractivity contribution in [1.82, 2.24) is 4.90 Å². The number of aromatic carboxylic acids is 1. The van der Waals surface area contributed by atoms with Crippen LogP contribution in [-0.4, -0.2) is 34.5 Å². The quantitative estimate of drug-likeness (QED) is 0.942. The van der Waals surface area contributed by atoms with Crippen LogP contribution in [0.5, 0.6) is 5.75 Å². The number of carbonyl (C=O) groups excluding carboxylic acids is 1. The molecule has 3 rings (SSSR count). The molecule has 0 aromatic heterocycles. The number of carbonyl (C=O) groups is 2. The lowest BCUT2D eigenvalue weighted by Gasteiger charge is -2.26. The summed E-state index contributed by atoms with van der Waals surface area (Å²) in [7, 11) is 0. The first kappa shape index (κ1) is 16.1. The second-order valence-electron chi connectivity index (χ2n) is 5.97. The maximum absolute atomic E-state index is 12.7. The van der Waals surface area contributed by atoms with Gasteiger partial charge in [0.15, 0.2) is 0 Å². The smallest absolute Gasteiger partial charge is 0.335 e. The maximum Gasteiger partial charge on any atom is 0.335 e. The first-order valence-electron chi connectivity index (χ1n) is 7.87. The Labute approximate surface area is 140 Å². The van der Waals surface area contributed by atoms with Gasteiger partial charge in [-0.3, -0.25) is 4.79 Å². The van der Waals surface area contributed by atoms with Crippen molar-refractivity contribution in [3.63, 3.8) is 0 Å². The van der Waals surface area contributed by atoms with E-state index in [9.17, 15) is 9.59 Å². The first-order chi connectivity index (χ1) is 11.5. The fourth-order valence-corrected chi connectivity index (χ4v) is 2.79. The number of amides is 1. The highest BCUT2D eigenvalue weighted by Gasteiger charge is 2.25. The molecule has 1 aliphatic rings. The summed E-state index contributed by atoms with van der Waals surface area (Å²) in [6.45, 7) is 2.95. The van der Waals surface area contributed by atoms with Crippen LogP contribution in [0.4, 0.5) is 0 Å². The zero-order chi connectivity index (χ0) is 17.1. The minimum Gasteiger partial charge on any atom is -0.491 e. The molecule has 2 aromatic rings. The number of fused-ring (bicyclic) bond motifs is 1. The van der Waals surface area contributed by atoms with Crippen LogP contribution in [0.3, 0.4) is 0 Å². The van der Waals surface area contributed by atoms with Crippen LogP contribution in [-0.2, 0) is 17.8 Å². The predicted molar refractivity (Wildman–Crippen MR) is 89.1 cm³/mol. The van der Waals surface area contributed by atoms with Crippen LogP contribution in [0.25, 0.3) is 0 Å². The fourth-order valence-electron chi connectivity index (χ4n) is 2.79. The van der Waals surface area contributed by atoms with Crippen molar-refractivity contribution < 1.29 is 19.4 Å². The van der Waals surface area contributed by atoms with Crippen LogP contribution >= 0.6 is 0 Å². The minimum atomic E-state index is -0.970. The summed E-state index contributed by atoms with van der Waals surface area (Å²) >= 11 is 0. The van der Waals surface area contributed by atoms with E-state index in [0.29, 0.717) is 13.2 Å². The number of benzene rings is 2. The van der Waals surface area contributed by atoms with Crippen LogP contribution in [0.15, 0.2) is 48.5 Å². The highest BCUT2D eigenvalue weighted by molar-refractivity contribution is 5.87. The van der Waals surface area contributed by atoms with Gasteiger partial charge in [-0.25, -0.2) is 4.79 Å². The zero-order valence-electron chi connectivity index (χ0n) is 13.4. The number of carboxylic acid groups (broad SMARTS) is 1. The summed E-state index contributed by atoms with van der Waals surface area (Å²) in [5, 5.41) is 8.93. The Hall–Kier alpha value is -2.82. The summed E-state index contributed by atoms with van der Waals surface area (Å²) in [5.41, 5.74) is 2.02. The van der Waals surface area contributed by atoms with Gasteiger partial charge < -0.3 is 14.7 Å². The van der Waals surface area contributed by atoms with Crippen molar-refractivity contribution in [2.75, 3.05) is 6.61 Å². The molecule has 5 nitrogen and oxygen atoms in total. The Kier molecular flexibility index (Phi) is 4.51. The van der Waals surface area contributed by atoms with E-state index >= 15 is 0 Å². The van der Waals surface area contributed by atoms with Gasteiger partial charge in [0.05, 0.1) is 18.0 Å². The third kappa shape index (κ3) is 3.40. The molecule has 2 aromatic carbocycles. The Morgan fingerprint density at radius 2 is 1.88 bits per heavy atom. The number of hydrogen-bond acceptors (Lipinski definition) is 3. The van der Waals surface area contributed by atoms with Gasteiger partial charge in [-0.15, -0.1) is 0 Å². The zero-order valence-corrected chi connectivity index (χ0v) is 13.4. The van der Waals surface area contributed by atoms with E-state index in [1.807, 2.05) is 36.1 Å². The van der Waals surface area contributed by atoms with Gasteiger partial charge in [-0.2, -0.15) is 0 Å². The lowest BCUT2D eigenvalue weighted by molar-refractivity contribution is -0.133. The van der Waals surface area contributed by atoms with Gasteiger partial charge in [0.25, 0.3) is 0 Å². The predicted octanol–water partition coefficient (Wildman–Crippen LogP) is 2.74. The molecule has 0 aliphatic carbocycles. The molecular weight excluding hydrogens is 306 g/mol. The molecule has 1 atom stereocenters. The SMILES string of the molecule is CC1COc2ccccc2CN1C(=O)Cc1ccc(C(=O)O)cc1. The molecule has 1 N–H and O–H groups in total. The normalized spacial score (nSPS) is 16.7. The van der Waals surface area contributed by atoms with Crippen molar-refractivity contribution in [3.8, 4) is 5.75 Å². The standard InChI is InChI=1S/C19H19NO4/c1-13-12-24-17-5-3-2-4-16(17)11-20(13)18(21)10-14-6-8-15(9-7-14)19(22)23/h2-9,13H,10-12H2,1H3,(H,22,23). The maximum atomic E-state index is 12.7. The summed E-state index contributed by atoms with van der Waals surface area (Å²) < 4.78 is 5.77. The lowest BCUT2D eigenvalue weighted by Crippen LogP contribution is -2.40. The molecule has 0 spiro atoms. The van der Waals surface area contributed by atoms with E-state index in [2.05, 4.69) is 0 Å². The van der Waals surface area contributed by atoms with Gasteiger partial charge in [0.2, 0.25) is 5.91 Å². The summed E-state index contributed by atoms with van der Waals surface area (Å²) in [6.07, 6.45) is 0.242. The van der Waals surface area contributed by atoms with Gasteiger partial charge in [-0.05, 0) is 30.7 Å². The number of rotatable bonds is 3. The van der Waals surface area contributed by atoms with Crippen molar-refractivity contribution >= 4 is 11.9 Å². The molecule has 0 saturated carbocycles. The number of hydrogen-bond donors (Lipinski definition) is 1. The molecule has 0 bridgehead atoms. The van der Waals surface area contributed by atoms with E-state index in [-0.39, 0.29) is 23.9 Å². The molecule has 124 valence electrons. The molecule has 0 fully saturated rings. The third-order valence-corrected chi connectivity index (χ3v) is 4.20. The first-order valence-corrected chi connectivity index (χ1v) is 7.87. The molecule has 1 heterocycles. The molecular formula is C19H19NO4. The number of carboxylic acids is 1. The van der Waals surface area contributed by atoms with E-state index in [0.717, 1.165) is 16.9 Å². The van der Waals surface area contributed by atoms with Crippen LogP contribution < -0.4 is 4.74 Å². The fraction of sp³-hybridized carbons (Fsp3) is 0.263. The van der Waals surface area contributed by atoms with Crippen LogP contribution in [0.2, 0.25) is 0 Å². The minimum absolute atomic E-state index is 0.00544. The van der Waals surface area contributed by atoms with Gasteiger partial charge in [0.1, 0.15) is 12.4 Å². The Balaban J connectivity index is 1.75. The van der Waals surface area contributed by atoms with Crippen molar-refractivity contribution in [2.45, 2.75) is 25.9 Å². The summed E-state index contributed by atoms with van der Waals surface area (Å²) in [6, 6.07) is 14.1. The molecule has 1 aliphatic heterocycles. The third-order valence-electron chi connectivity index (χ3n) is 4.20. The summed E-state index contributed by atoms with van der Waals surface area (Å²) in [5.74, 6) is -0.140. The topological polar surface area (TPSA) is 66.8 Å². The molecule has 0 saturated heterocycles. The van der Waals surface area contributed by atoms with Crippen LogP contribution in [0.1, 0.15) is 28.4 Å². The van der Waals surface area contributed by atoms with Crippen LogP contribution in [0, 0.1) is 0 Å². The molecule has 24 heavy (non-hydrogen) atoms. The van der Waals surface area contributed by atoms with Gasteiger partial charge in [-0.1, -0.05) is 30.3 Å². The highest BCUT2D eigenvalue weighted by atomic mass is 16.5. The van der Waals surface area contributed by atoms with Crippen molar-refractivity contribution in [2.24, 2.45) is 0 Å². The highest BCUT2D eigenvalue weighted by Crippen LogP contribution is 2.25. The number of para-hydroxylation sites is 1. The average Bonchev–Trinajstić information content (AvgIpc) is 2.75. The van der Waals surface area contributed by atoms with Crippen molar-refractivity contribution in [1.29, 1.82) is 0 Å². The molecule has 1 amide bonds. The number of nitrogens with zero attached hydrogens (tertiary/aromatic N) is 1. The Bertz CT molecular complexity index is 754. The van der Waals surface area contributed by atoms with Gasteiger partial charge in [0, 0.05) is 12.1 Å². The monoisotopic (exact) mass is 325 g/mol. The molecule has 5 heteroatoms. The van der Waals surface area contributed by atoms with E-state index in [1.54, 1.807) is 12.1 Å².